The van der Waals surface area contributed by atoms with Gasteiger partial charge >= 0.3 is 0 Å². The molecule has 22 heavy (non-hydrogen) atoms. The number of amides is 1. The van der Waals surface area contributed by atoms with Crippen molar-refractivity contribution in [3.8, 4) is 0 Å². The van der Waals surface area contributed by atoms with Crippen LogP contribution in [-0.2, 0) is 10.2 Å². The van der Waals surface area contributed by atoms with Crippen molar-refractivity contribution in [2.45, 2.75) is 42.5 Å². The van der Waals surface area contributed by atoms with Gasteiger partial charge in [-0.25, -0.2) is 0 Å². The molecule has 1 aliphatic carbocycles. The van der Waals surface area contributed by atoms with Crippen LogP contribution in [0.4, 0.5) is 0 Å². The van der Waals surface area contributed by atoms with Gasteiger partial charge in [-0.1, -0.05) is 61.2 Å². The van der Waals surface area contributed by atoms with Crippen molar-refractivity contribution < 1.29 is 4.79 Å². The number of fused-ring (bicyclic) bond motifs is 1. The minimum absolute atomic E-state index is 0.0553. The second-order valence-corrected chi connectivity index (χ2v) is 8.18. The van der Waals surface area contributed by atoms with Crippen molar-refractivity contribution in [1.82, 2.24) is 15.5 Å². The van der Waals surface area contributed by atoms with Crippen molar-refractivity contribution in [2.75, 3.05) is 5.75 Å². The van der Waals surface area contributed by atoms with E-state index in [1.54, 1.807) is 5.51 Å². The van der Waals surface area contributed by atoms with E-state index < -0.39 is 0 Å². The number of carbonyl (C=O) groups is 1. The maximum atomic E-state index is 12.2. The van der Waals surface area contributed by atoms with Crippen molar-refractivity contribution in [2.24, 2.45) is 0 Å². The lowest BCUT2D eigenvalue weighted by Gasteiger charge is -2.37. The lowest BCUT2D eigenvalue weighted by atomic mass is 9.71. The molecule has 2 aromatic rings. The van der Waals surface area contributed by atoms with Crippen molar-refractivity contribution >= 4 is 29.0 Å². The third-order valence-corrected chi connectivity index (χ3v) is 5.99. The number of thioether (sulfide) groups is 1. The van der Waals surface area contributed by atoms with Crippen LogP contribution in [0.3, 0.4) is 0 Å². The third-order valence-electron chi connectivity index (χ3n) is 4.13. The zero-order valence-corrected chi connectivity index (χ0v) is 14.3. The molecule has 1 aromatic heterocycles. The Hall–Kier alpha value is -1.40. The summed E-state index contributed by atoms with van der Waals surface area (Å²) in [5, 5.41) is 10.9. The predicted octanol–water partition coefficient (Wildman–Crippen LogP) is 3.56. The van der Waals surface area contributed by atoms with Gasteiger partial charge in [-0.2, -0.15) is 0 Å². The Morgan fingerprint density at radius 1 is 1.45 bits per heavy atom. The van der Waals surface area contributed by atoms with Crippen LogP contribution >= 0.6 is 23.1 Å². The molecule has 0 aliphatic heterocycles. The molecule has 1 atom stereocenters. The van der Waals surface area contributed by atoms with E-state index in [0.29, 0.717) is 5.75 Å². The van der Waals surface area contributed by atoms with Crippen LogP contribution < -0.4 is 5.32 Å². The first-order valence-corrected chi connectivity index (χ1v) is 9.20. The molecule has 0 radical (unpaired) electrons. The Bertz CT molecular complexity index is 655. The van der Waals surface area contributed by atoms with Gasteiger partial charge in [-0.05, 0) is 29.4 Å². The number of nitrogens with zero attached hydrogens (tertiary/aromatic N) is 2. The van der Waals surface area contributed by atoms with E-state index in [9.17, 15) is 4.79 Å². The molecule has 0 spiro atoms. The van der Waals surface area contributed by atoms with Gasteiger partial charge in [0.1, 0.15) is 5.51 Å². The minimum Gasteiger partial charge on any atom is -0.349 e. The molecule has 116 valence electrons. The predicted molar refractivity (Wildman–Crippen MR) is 90.2 cm³/mol. The molecule has 1 amide bonds. The first kappa shape index (κ1) is 15.5. The zero-order chi connectivity index (χ0) is 15.6. The molecule has 3 rings (SSSR count). The van der Waals surface area contributed by atoms with Crippen molar-refractivity contribution in [3.05, 3.63) is 40.9 Å². The van der Waals surface area contributed by atoms with Crippen LogP contribution in [0.1, 0.15) is 43.9 Å². The fourth-order valence-corrected chi connectivity index (χ4v) is 4.25. The summed E-state index contributed by atoms with van der Waals surface area (Å²) >= 11 is 2.90. The molecule has 6 heteroatoms. The van der Waals surface area contributed by atoms with Crippen LogP contribution in [0.15, 0.2) is 34.1 Å². The standard InChI is InChI=1S/C16H19N3OS2/c1-16(2)8-7-13(11-5-3-4-6-12(11)16)18-14(20)9-21-15-19-17-10-22-15/h3-6,10,13H,7-9H2,1-2H3,(H,18,20). The minimum atomic E-state index is 0.0553. The maximum Gasteiger partial charge on any atom is 0.230 e. The summed E-state index contributed by atoms with van der Waals surface area (Å²) in [7, 11) is 0. The lowest BCUT2D eigenvalue weighted by molar-refractivity contribution is -0.119. The fourth-order valence-electron chi connectivity index (χ4n) is 2.95. The molecule has 0 fully saturated rings. The normalized spacial score (nSPS) is 19.5. The first-order chi connectivity index (χ1) is 10.6. The Morgan fingerprint density at radius 2 is 2.27 bits per heavy atom. The highest BCUT2D eigenvalue weighted by Gasteiger charge is 2.32. The Balaban J connectivity index is 1.67. The van der Waals surface area contributed by atoms with Crippen LogP contribution in [0, 0.1) is 0 Å². The quantitative estimate of drug-likeness (QED) is 0.869. The monoisotopic (exact) mass is 333 g/mol. The van der Waals surface area contributed by atoms with E-state index in [4.69, 9.17) is 0 Å². The van der Waals surface area contributed by atoms with Gasteiger partial charge in [0.2, 0.25) is 5.91 Å². The largest absolute Gasteiger partial charge is 0.349 e. The summed E-state index contributed by atoms with van der Waals surface area (Å²) in [6.07, 6.45) is 2.07. The van der Waals surface area contributed by atoms with Crippen LogP contribution in [0.5, 0.6) is 0 Å². The molecule has 0 saturated carbocycles. The number of hydrogen-bond acceptors (Lipinski definition) is 5. The van der Waals surface area contributed by atoms with Crippen molar-refractivity contribution in [1.29, 1.82) is 0 Å². The van der Waals surface area contributed by atoms with E-state index in [1.165, 1.54) is 34.2 Å². The van der Waals surface area contributed by atoms with Crippen molar-refractivity contribution in [3.63, 3.8) is 0 Å². The van der Waals surface area contributed by atoms with E-state index in [-0.39, 0.29) is 17.4 Å². The highest BCUT2D eigenvalue weighted by molar-refractivity contribution is 8.01. The molecule has 1 N–H and O–H groups in total. The summed E-state index contributed by atoms with van der Waals surface area (Å²) in [5.41, 5.74) is 4.47. The lowest BCUT2D eigenvalue weighted by Crippen LogP contribution is -2.36. The number of nitrogens with one attached hydrogen (secondary N) is 1. The highest BCUT2D eigenvalue weighted by atomic mass is 32.2. The van der Waals surface area contributed by atoms with Gasteiger partial charge in [0, 0.05) is 0 Å². The molecule has 1 heterocycles. The maximum absolute atomic E-state index is 12.2. The molecule has 0 saturated heterocycles. The van der Waals surface area contributed by atoms with E-state index >= 15 is 0 Å². The van der Waals surface area contributed by atoms with E-state index in [1.807, 2.05) is 0 Å². The molecule has 1 aromatic carbocycles. The number of carbonyl (C=O) groups excluding carboxylic acids is 1. The van der Waals surface area contributed by atoms with Crippen LogP contribution in [0.25, 0.3) is 0 Å². The summed E-state index contributed by atoms with van der Waals surface area (Å²) in [6.45, 7) is 4.55. The average molecular weight is 333 g/mol. The number of rotatable bonds is 4. The second-order valence-electron chi connectivity index (χ2n) is 6.12. The summed E-state index contributed by atoms with van der Waals surface area (Å²) in [4.78, 5) is 12.2. The second kappa shape index (κ2) is 6.38. The molecule has 4 nitrogen and oxygen atoms in total. The summed E-state index contributed by atoms with van der Waals surface area (Å²) < 4.78 is 0.834. The Labute approximate surface area is 138 Å². The fraction of sp³-hybridized carbons (Fsp3) is 0.438. The number of hydrogen-bond donors (Lipinski definition) is 1. The Kier molecular flexibility index (Phi) is 4.49. The van der Waals surface area contributed by atoms with Crippen LogP contribution in [-0.4, -0.2) is 21.9 Å². The zero-order valence-electron chi connectivity index (χ0n) is 12.7. The molecular formula is C16H19N3OS2. The molecule has 1 unspecified atom stereocenters. The van der Waals surface area contributed by atoms with Gasteiger partial charge in [-0.15, -0.1) is 10.2 Å². The third kappa shape index (κ3) is 3.33. The molecule has 0 bridgehead atoms. The average Bonchev–Trinajstić information content (AvgIpc) is 3.02. The SMILES string of the molecule is CC1(C)CCC(NC(=O)CSc2nncs2)c2ccccc21. The topological polar surface area (TPSA) is 54.9 Å². The summed E-state index contributed by atoms with van der Waals surface area (Å²) in [5.74, 6) is 0.441. The smallest absolute Gasteiger partial charge is 0.230 e. The van der Waals surface area contributed by atoms with Gasteiger partial charge in [0.25, 0.3) is 0 Å². The van der Waals surface area contributed by atoms with Gasteiger partial charge in [0.15, 0.2) is 4.34 Å². The first-order valence-electron chi connectivity index (χ1n) is 7.34. The van der Waals surface area contributed by atoms with E-state index in [0.717, 1.165) is 17.2 Å². The van der Waals surface area contributed by atoms with E-state index in [2.05, 4.69) is 53.6 Å². The molecular weight excluding hydrogens is 314 g/mol. The van der Waals surface area contributed by atoms with Gasteiger partial charge in [-0.3, -0.25) is 4.79 Å². The van der Waals surface area contributed by atoms with Gasteiger partial charge < -0.3 is 5.32 Å². The Morgan fingerprint density at radius 3 is 3.05 bits per heavy atom. The number of benzene rings is 1. The number of aromatic nitrogens is 2. The van der Waals surface area contributed by atoms with Gasteiger partial charge in [0.05, 0.1) is 11.8 Å². The highest BCUT2D eigenvalue weighted by Crippen LogP contribution is 2.41. The molecule has 1 aliphatic rings. The van der Waals surface area contributed by atoms with Crippen LogP contribution in [0.2, 0.25) is 0 Å². The summed E-state index contributed by atoms with van der Waals surface area (Å²) in [6, 6.07) is 8.57.